The minimum absolute atomic E-state index is 0.468. The van der Waals surface area contributed by atoms with Gasteiger partial charge in [-0.3, -0.25) is 0 Å². The Labute approximate surface area is 136 Å². The van der Waals surface area contributed by atoms with Crippen molar-refractivity contribution in [1.29, 1.82) is 0 Å². The molecule has 2 rings (SSSR count). The van der Waals surface area contributed by atoms with E-state index in [0.717, 1.165) is 30.6 Å². The second kappa shape index (κ2) is 8.49. The summed E-state index contributed by atoms with van der Waals surface area (Å²) in [4.78, 5) is 11.7. The molecule has 2 aromatic rings. The second-order valence-electron chi connectivity index (χ2n) is 4.97. The standard InChI is InChI=1S/C18H20O3S/c1-2-3-14-4-8-16(9-5-14)20-18(19)21-17-10-6-15(7-11-17)12-13-22/h4-11,22H,2-3,12-13H2,1H3. The van der Waals surface area contributed by atoms with E-state index >= 15 is 0 Å². The molecule has 0 spiro atoms. The fourth-order valence-electron chi connectivity index (χ4n) is 2.08. The van der Waals surface area contributed by atoms with Crippen LogP contribution in [0.25, 0.3) is 0 Å². The number of hydrogen-bond acceptors (Lipinski definition) is 4. The van der Waals surface area contributed by atoms with E-state index in [4.69, 9.17) is 9.47 Å². The Morgan fingerprint density at radius 2 is 1.32 bits per heavy atom. The van der Waals surface area contributed by atoms with Crippen molar-refractivity contribution in [2.24, 2.45) is 0 Å². The van der Waals surface area contributed by atoms with Gasteiger partial charge < -0.3 is 9.47 Å². The van der Waals surface area contributed by atoms with Gasteiger partial charge in [0.05, 0.1) is 0 Å². The highest BCUT2D eigenvalue weighted by atomic mass is 32.1. The zero-order valence-corrected chi connectivity index (χ0v) is 13.5. The lowest BCUT2D eigenvalue weighted by Gasteiger charge is -2.07. The molecule has 0 aromatic heterocycles. The van der Waals surface area contributed by atoms with Gasteiger partial charge in [-0.2, -0.15) is 12.6 Å². The van der Waals surface area contributed by atoms with Crippen LogP contribution in [-0.4, -0.2) is 11.9 Å². The average molecular weight is 316 g/mol. The van der Waals surface area contributed by atoms with Gasteiger partial charge in [0.15, 0.2) is 0 Å². The summed E-state index contributed by atoms with van der Waals surface area (Å²) in [7, 11) is 0. The second-order valence-corrected chi connectivity index (χ2v) is 5.41. The quantitative estimate of drug-likeness (QED) is 0.477. The molecule has 0 N–H and O–H groups in total. The predicted molar refractivity (Wildman–Crippen MR) is 91.1 cm³/mol. The smallest absolute Gasteiger partial charge is 0.395 e. The zero-order chi connectivity index (χ0) is 15.8. The van der Waals surface area contributed by atoms with Crippen molar-refractivity contribution < 1.29 is 14.3 Å². The zero-order valence-electron chi connectivity index (χ0n) is 12.6. The SMILES string of the molecule is CCCc1ccc(OC(=O)Oc2ccc(CCS)cc2)cc1. The van der Waals surface area contributed by atoms with Gasteiger partial charge in [-0.1, -0.05) is 37.6 Å². The van der Waals surface area contributed by atoms with Crippen LogP contribution in [-0.2, 0) is 12.8 Å². The number of carbonyl (C=O) groups is 1. The number of aryl methyl sites for hydroxylation is 2. The molecule has 22 heavy (non-hydrogen) atoms. The van der Waals surface area contributed by atoms with Gasteiger partial charge >= 0.3 is 6.16 Å². The average Bonchev–Trinajstić information content (AvgIpc) is 2.52. The molecule has 2 aromatic carbocycles. The first-order chi connectivity index (χ1) is 10.7. The summed E-state index contributed by atoms with van der Waals surface area (Å²) in [5.74, 6) is 1.74. The number of ether oxygens (including phenoxy) is 2. The molecule has 4 heteroatoms. The monoisotopic (exact) mass is 316 g/mol. The van der Waals surface area contributed by atoms with E-state index < -0.39 is 6.16 Å². The Balaban J connectivity index is 1.89. The minimum Gasteiger partial charge on any atom is -0.395 e. The van der Waals surface area contributed by atoms with E-state index in [2.05, 4.69) is 19.6 Å². The number of carbonyl (C=O) groups excluding carboxylic acids is 1. The van der Waals surface area contributed by atoms with E-state index in [1.165, 1.54) is 5.56 Å². The number of thiol groups is 1. The predicted octanol–water partition coefficient (Wildman–Crippen LogP) is 4.69. The van der Waals surface area contributed by atoms with Crippen molar-refractivity contribution in [3.8, 4) is 11.5 Å². The van der Waals surface area contributed by atoms with Crippen LogP contribution in [0.4, 0.5) is 4.79 Å². The van der Waals surface area contributed by atoms with E-state index in [1.807, 2.05) is 24.3 Å². The first-order valence-electron chi connectivity index (χ1n) is 7.39. The Hall–Kier alpha value is -1.94. The van der Waals surface area contributed by atoms with E-state index in [9.17, 15) is 4.79 Å². The van der Waals surface area contributed by atoms with Gasteiger partial charge in [0.25, 0.3) is 0 Å². The molecule has 0 atom stereocenters. The molecule has 116 valence electrons. The molecule has 0 aliphatic heterocycles. The number of hydrogen-bond donors (Lipinski definition) is 1. The molecule has 0 amide bonds. The minimum atomic E-state index is -0.731. The van der Waals surface area contributed by atoms with E-state index in [0.29, 0.717) is 11.5 Å². The maximum Gasteiger partial charge on any atom is 0.519 e. The Kier molecular flexibility index (Phi) is 6.34. The van der Waals surface area contributed by atoms with Crippen molar-refractivity contribution in [2.45, 2.75) is 26.2 Å². The molecule has 0 aliphatic carbocycles. The Morgan fingerprint density at radius 3 is 1.73 bits per heavy atom. The summed E-state index contributed by atoms with van der Waals surface area (Å²) in [6.45, 7) is 2.13. The molecular weight excluding hydrogens is 296 g/mol. The fourth-order valence-corrected chi connectivity index (χ4v) is 2.34. The Bertz CT molecular complexity index is 537. The van der Waals surface area contributed by atoms with Gasteiger partial charge in [-0.15, -0.1) is 0 Å². The summed E-state index contributed by atoms with van der Waals surface area (Å²) >= 11 is 4.18. The van der Waals surface area contributed by atoms with Gasteiger partial charge in [0.1, 0.15) is 11.5 Å². The van der Waals surface area contributed by atoms with Crippen molar-refractivity contribution in [3.05, 3.63) is 59.7 Å². The van der Waals surface area contributed by atoms with Crippen LogP contribution >= 0.6 is 12.6 Å². The Morgan fingerprint density at radius 1 is 0.864 bits per heavy atom. The highest BCUT2D eigenvalue weighted by Crippen LogP contribution is 2.17. The van der Waals surface area contributed by atoms with E-state index in [-0.39, 0.29) is 0 Å². The lowest BCUT2D eigenvalue weighted by atomic mass is 10.1. The number of rotatable bonds is 6. The van der Waals surface area contributed by atoms with Crippen LogP contribution in [0.15, 0.2) is 48.5 Å². The van der Waals surface area contributed by atoms with Crippen molar-refractivity contribution in [3.63, 3.8) is 0 Å². The third-order valence-electron chi connectivity index (χ3n) is 3.19. The van der Waals surface area contributed by atoms with Crippen LogP contribution in [0.5, 0.6) is 11.5 Å². The van der Waals surface area contributed by atoms with Crippen molar-refractivity contribution in [2.75, 3.05) is 5.75 Å². The summed E-state index contributed by atoms with van der Waals surface area (Å²) in [6, 6.07) is 14.8. The lowest BCUT2D eigenvalue weighted by molar-refractivity contribution is 0.152. The van der Waals surface area contributed by atoms with Crippen LogP contribution in [0.2, 0.25) is 0 Å². The van der Waals surface area contributed by atoms with Crippen molar-refractivity contribution in [1.82, 2.24) is 0 Å². The van der Waals surface area contributed by atoms with Gasteiger partial charge in [0, 0.05) is 0 Å². The van der Waals surface area contributed by atoms with Gasteiger partial charge in [0.2, 0.25) is 0 Å². The van der Waals surface area contributed by atoms with Crippen LogP contribution in [0.3, 0.4) is 0 Å². The highest BCUT2D eigenvalue weighted by molar-refractivity contribution is 7.80. The molecule has 0 radical (unpaired) electrons. The van der Waals surface area contributed by atoms with E-state index in [1.54, 1.807) is 24.3 Å². The third kappa shape index (κ3) is 5.11. The maximum atomic E-state index is 11.7. The maximum absolute atomic E-state index is 11.7. The largest absolute Gasteiger partial charge is 0.519 e. The van der Waals surface area contributed by atoms with Gasteiger partial charge in [-0.25, -0.2) is 4.79 Å². The van der Waals surface area contributed by atoms with Crippen molar-refractivity contribution >= 4 is 18.8 Å². The fraction of sp³-hybridized carbons (Fsp3) is 0.278. The first-order valence-corrected chi connectivity index (χ1v) is 8.03. The lowest BCUT2D eigenvalue weighted by Crippen LogP contribution is -2.13. The van der Waals surface area contributed by atoms with Crippen LogP contribution in [0.1, 0.15) is 24.5 Å². The molecule has 0 saturated carbocycles. The summed E-state index contributed by atoms with van der Waals surface area (Å²) in [5.41, 5.74) is 2.38. The summed E-state index contributed by atoms with van der Waals surface area (Å²) in [6.07, 6.45) is 2.26. The molecular formula is C18H20O3S. The van der Waals surface area contributed by atoms with Gasteiger partial charge in [-0.05, 0) is 54.0 Å². The number of benzene rings is 2. The normalized spacial score (nSPS) is 10.3. The molecule has 0 unspecified atom stereocenters. The molecule has 0 fully saturated rings. The molecule has 0 saturated heterocycles. The summed E-state index contributed by atoms with van der Waals surface area (Å²) in [5, 5.41) is 0. The third-order valence-corrected chi connectivity index (χ3v) is 3.41. The topological polar surface area (TPSA) is 35.5 Å². The molecule has 3 nitrogen and oxygen atoms in total. The summed E-state index contributed by atoms with van der Waals surface area (Å²) < 4.78 is 10.3. The molecule has 0 aliphatic rings. The van der Waals surface area contributed by atoms with Crippen LogP contribution in [0, 0.1) is 0 Å². The van der Waals surface area contributed by atoms with Crippen LogP contribution < -0.4 is 9.47 Å². The highest BCUT2D eigenvalue weighted by Gasteiger charge is 2.08. The molecule has 0 bridgehead atoms. The molecule has 0 heterocycles. The first kappa shape index (κ1) is 16.4.